The van der Waals surface area contributed by atoms with Crippen molar-refractivity contribution >= 4 is 11.7 Å². The lowest BCUT2D eigenvalue weighted by molar-refractivity contribution is -0.231. The number of rotatable bonds is 3. The van der Waals surface area contributed by atoms with Crippen molar-refractivity contribution in [3.63, 3.8) is 0 Å². The maximum absolute atomic E-state index is 11.9. The summed E-state index contributed by atoms with van der Waals surface area (Å²) in [5.74, 6) is 2.93. The molecule has 0 amide bonds. The first-order valence-electron chi connectivity index (χ1n) is 14.8. The first kappa shape index (κ1) is 26.3. The zero-order valence-corrected chi connectivity index (χ0v) is 24.1. The Kier molecular flexibility index (Phi) is 6.09. The molecule has 0 aromatic carbocycles. The van der Waals surface area contributed by atoms with Crippen molar-refractivity contribution in [2.75, 3.05) is 6.61 Å². The van der Waals surface area contributed by atoms with Gasteiger partial charge in [0.1, 0.15) is 0 Å². The number of oxime groups is 1. The quantitative estimate of drug-likeness (QED) is 0.186. The minimum absolute atomic E-state index is 0.0386. The predicted molar refractivity (Wildman–Crippen MR) is 145 cm³/mol. The molecule has 5 aliphatic rings. The second-order valence-corrected chi connectivity index (χ2v) is 15.1. The van der Waals surface area contributed by atoms with Crippen LogP contribution >= 0.6 is 0 Å². The van der Waals surface area contributed by atoms with Crippen molar-refractivity contribution in [3.05, 3.63) is 12.2 Å². The largest absolute Gasteiger partial charge is 0.465 e. The molecule has 5 unspecified atom stereocenters. The summed E-state index contributed by atoms with van der Waals surface area (Å²) in [6, 6.07) is 0. The zero-order chi connectivity index (χ0) is 26.3. The van der Waals surface area contributed by atoms with Crippen molar-refractivity contribution in [2.45, 2.75) is 113 Å². The van der Waals surface area contributed by atoms with E-state index in [1.165, 1.54) is 56.9 Å². The molecule has 36 heavy (non-hydrogen) atoms. The summed E-state index contributed by atoms with van der Waals surface area (Å²) in [7, 11) is 0. The van der Waals surface area contributed by atoms with Crippen molar-refractivity contribution < 1.29 is 14.7 Å². The molecule has 5 fully saturated rings. The summed E-state index contributed by atoms with van der Waals surface area (Å²) in [6.45, 7) is 21.5. The molecule has 0 radical (unpaired) electrons. The number of esters is 1. The van der Waals surface area contributed by atoms with E-state index in [0.29, 0.717) is 47.0 Å². The highest BCUT2D eigenvalue weighted by Gasteiger charge is 2.70. The van der Waals surface area contributed by atoms with Crippen molar-refractivity contribution in [1.29, 1.82) is 0 Å². The average Bonchev–Trinajstić information content (AvgIpc) is 3.18. The first-order chi connectivity index (χ1) is 16.8. The Bertz CT molecular complexity index is 968. The molecule has 0 spiro atoms. The molecule has 0 heterocycles. The highest BCUT2D eigenvalue weighted by Crippen LogP contribution is 2.77. The summed E-state index contributed by atoms with van der Waals surface area (Å²) in [4.78, 5) is 11.9. The molecule has 0 aromatic heterocycles. The van der Waals surface area contributed by atoms with Gasteiger partial charge in [0, 0.05) is 17.8 Å². The molecule has 0 aliphatic heterocycles. The van der Waals surface area contributed by atoms with Crippen LogP contribution in [-0.2, 0) is 9.53 Å². The van der Waals surface area contributed by atoms with Gasteiger partial charge in [-0.05, 0) is 117 Å². The third-order valence-electron chi connectivity index (χ3n) is 13.7. The fraction of sp³-hybridized carbons (Fsp3) is 0.875. The van der Waals surface area contributed by atoms with E-state index in [0.717, 1.165) is 18.6 Å². The zero-order valence-electron chi connectivity index (χ0n) is 24.1. The average molecular weight is 498 g/mol. The fourth-order valence-corrected chi connectivity index (χ4v) is 11.8. The number of fused-ring (bicyclic) bond motifs is 7. The van der Waals surface area contributed by atoms with Gasteiger partial charge in [-0.25, -0.2) is 0 Å². The van der Waals surface area contributed by atoms with Crippen LogP contribution in [0.25, 0.3) is 0 Å². The lowest BCUT2D eigenvalue weighted by Crippen LogP contribution is -2.66. The van der Waals surface area contributed by atoms with E-state index in [1.54, 1.807) is 6.92 Å². The normalized spacial score (nSPS) is 50.4. The Balaban J connectivity index is 1.53. The maximum Gasteiger partial charge on any atom is 0.302 e. The van der Waals surface area contributed by atoms with E-state index in [2.05, 4.69) is 53.3 Å². The number of carbonyl (C=O) groups is 1. The molecule has 0 bridgehead atoms. The molecular weight excluding hydrogens is 446 g/mol. The van der Waals surface area contributed by atoms with Gasteiger partial charge < -0.3 is 9.94 Å². The highest BCUT2D eigenvalue weighted by atomic mass is 16.5. The predicted octanol–water partition coefficient (Wildman–Crippen LogP) is 8.04. The standard InChI is InChI=1S/C32H51NO3/c1-20(2)22-11-16-32(19-36-21(3)34)18-17-30(7)23(27(22)32)9-10-25-29(6)14-13-26(33-35)28(4,5)24(29)12-15-31(25,30)8/h22-25,27,35H,1,9-19H2,2-8H3/b33-26+/t22-,23?,24?,25?,27?,29-,30+,31+,32?/m0/s1. The summed E-state index contributed by atoms with van der Waals surface area (Å²) in [5.41, 5.74) is 3.32. The molecule has 1 N–H and O–H groups in total. The van der Waals surface area contributed by atoms with Crippen LogP contribution in [-0.4, -0.2) is 23.5 Å². The molecule has 0 aromatic rings. The number of hydrogen-bond acceptors (Lipinski definition) is 4. The summed E-state index contributed by atoms with van der Waals surface area (Å²) >= 11 is 0. The summed E-state index contributed by atoms with van der Waals surface area (Å²) in [6.07, 6.45) is 12.0. The van der Waals surface area contributed by atoms with Crippen LogP contribution in [0, 0.1) is 56.7 Å². The van der Waals surface area contributed by atoms with Gasteiger partial charge in [0.05, 0.1) is 12.3 Å². The molecular formula is C32H51NO3. The first-order valence-corrected chi connectivity index (χ1v) is 14.8. The summed E-state index contributed by atoms with van der Waals surface area (Å²) in [5, 5.41) is 13.6. The van der Waals surface area contributed by atoms with Crippen LogP contribution in [0.5, 0.6) is 0 Å². The lowest BCUT2D eigenvalue weighted by atomic mass is 9.32. The Labute approximate surface area is 219 Å². The number of hydrogen-bond donors (Lipinski definition) is 1. The van der Waals surface area contributed by atoms with Crippen molar-refractivity contribution in [2.24, 2.45) is 61.8 Å². The van der Waals surface area contributed by atoms with E-state index in [-0.39, 0.29) is 22.2 Å². The Morgan fingerprint density at radius 1 is 0.944 bits per heavy atom. The molecule has 0 saturated heterocycles. The number of ether oxygens (including phenoxy) is 1. The van der Waals surface area contributed by atoms with Gasteiger partial charge in [-0.15, -0.1) is 0 Å². The smallest absolute Gasteiger partial charge is 0.302 e. The maximum atomic E-state index is 11.9. The Hall–Kier alpha value is -1.32. The van der Waals surface area contributed by atoms with Gasteiger partial charge in [-0.2, -0.15) is 0 Å². The fourth-order valence-electron chi connectivity index (χ4n) is 11.8. The van der Waals surface area contributed by atoms with Gasteiger partial charge in [-0.1, -0.05) is 51.9 Å². The van der Waals surface area contributed by atoms with Gasteiger partial charge >= 0.3 is 5.97 Å². The van der Waals surface area contributed by atoms with Crippen LogP contribution in [0.3, 0.4) is 0 Å². The van der Waals surface area contributed by atoms with Crippen LogP contribution in [0.2, 0.25) is 0 Å². The van der Waals surface area contributed by atoms with Gasteiger partial charge in [0.25, 0.3) is 0 Å². The SMILES string of the molecule is C=C(C)[C@@H]1CCC2(COC(C)=O)CC[C@]3(C)C(CCC4[C@@]5(C)CC/C(=N\O)C(C)(C)C5CC[C@]43C)C12. The van der Waals surface area contributed by atoms with E-state index in [1.807, 2.05) is 0 Å². The van der Waals surface area contributed by atoms with E-state index in [4.69, 9.17) is 4.74 Å². The topological polar surface area (TPSA) is 58.9 Å². The Morgan fingerprint density at radius 3 is 2.31 bits per heavy atom. The second-order valence-electron chi connectivity index (χ2n) is 15.1. The van der Waals surface area contributed by atoms with Crippen molar-refractivity contribution in [3.8, 4) is 0 Å². The number of nitrogens with zero attached hydrogens (tertiary/aromatic N) is 1. The van der Waals surface area contributed by atoms with Gasteiger partial charge in [-0.3, -0.25) is 4.79 Å². The summed E-state index contributed by atoms with van der Waals surface area (Å²) < 4.78 is 5.79. The molecule has 202 valence electrons. The van der Waals surface area contributed by atoms with Crippen LogP contribution in [0.1, 0.15) is 113 Å². The Morgan fingerprint density at radius 2 is 1.67 bits per heavy atom. The van der Waals surface area contributed by atoms with E-state index in [9.17, 15) is 10.0 Å². The molecule has 9 atom stereocenters. The third kappa shape index (κ3) is 3.30. The third-order valence-corrected chi connectivity index (χ3v) is 13.7. The monoisotopic (exact) mass is 497 g/mol. The molecule has 4 nitrogen and oxygen atoms in total. The molecule has 4 heteroatoms. The molecule has 5 aliphatic carbocycles. The van der Waals surface area contributed by atoms with Gasteiger partial charge in [0.15, 0.2) is 0 Å². The van der Waals surface area contributed by atoms with Crippen LogP contribution in [0.4, 0.5) is 0 Å². The minimum Gasteiger partial charge on any atom is -0.465 e. The van der Waals surface area contributed by atoms with Crippen molar-refractivity contribution in [1.82, 2.24) is 0 Å². The van der Waals surface area contributed by atoms with Gasteiger partial charge in [0.2, 0.25) is 0 Å². The van der Waals surface area contributed by atoms with E-state index < -0.39 is 0 Å². The molecule has 5 rings (SSSR count). The van der Waals surface area contributed by atoms with Crippen LogP contribution in [0.15, 0.2) is 17.3 Å². The highest BCUT2D eigenvalue weighted by molar-refractivity contribution is 5.90. The second kappa shape index (κ2) is 8.34. The van der Waals surface area contributed by atoms with E-state index >= 15 is 0 Å². The number of allylic oxidation sites excluding steroid dienone is 1. The molecule has 5 saturated carbocycles. The minimum atomic E-state index is -0.136. The van der Waals surface area contributed by atoms with Crippen LogP contribution < -0.4 is 0 Å². The lowest BCUT2D eigenvalue weighted by Gasteiger charge is -2.72. The number of carbonyl (C=O) groups excluding carboxylic acids is 1.